The summed E-state index contributed by atoms with van der Waals surface area (Å²) in [4.78, 5) is 34.1. The van der Waals surface area contributed by atoms with Crippen molar-refractivity contribution in [2.75, 3.05) is 11.9 Å². The van der Waals surface area contributed by atoms with E-state index in [1.807, 2.05) is 54.6 Å². The molecular formula is C29H28N4O2S. The molecule has 5 rings (SSSR count). The van der Waals surface area contributed by atoms with Crippen LogP contribution in [0.15, 0.2) is 91.0 Å². The number of hydrogen-bond donors (Lipinski definition) is 2. The molecule has 3 aromatic carbocycles. The lowest BCUT2D eigenvalue weighted by atomic mass is 10.0. The zero-order valence-corrected chi connectivity index (χ0v) is 20.7. The highest BCUT2D eigenvalue weighted by atomic mass is 32.1. The van der Waals surface area contributed by atoms with Crippen molar-refractivity contribution in [3.05, 3.63) is 118 Å². The number of nitrogens with one attached hydrogen (secondary N) is 2. The fourth-order valence-corrected chi connectivity index (χ4v) is 5.47. The maximum absolute atomic E-state index is 13.0. The van der Waals surface area contributed by atoms with E-state index in [1.54, 1.807) is 12.1 Å². The lowest BCUT2D eigenvalue weighted by molar-refractivity contribution is -0.116. The molecule has 4 aromatic rings. The highest BCUT2D eigenvalue weighted by Gasteiger charge is 2.23. The minimum absolute atomic E-state index is 0.118. The first-order valence-corrected chi connectivity index (χ1v) is 12.9. The molecule has 1 atom stereocenters. The summed E-state index contributed by atoms with van der Waals surface area (Å²) in [6.45, 7) is 2.68. The number of rotatable bonds is 8. The average molecular weight is 497 g/mol. The number of carbonyl (C=O) groups excluding carboxylic acids is 2. The number of anilines is 1. The molecule has 2 heterocycles. The quantitative estimate of drug-likeness (QED) is 0.352. The topological polar surface area (TPSA) is 74.3 Å². The SMILES string of the molecule is O=C(CC(NC(=O)c1ccccc1)c1ccccc1)Nc1nc2c(s1)CN(Cc1ccccc1)CC2. The van der Waals surface area contributed by atoms with E-state index in [1.165, 1.54) is 21.8 Å². The van der Waals surface area contributed by atoms with Gasteiger partial charge in [-0.3, -0.25) is 14.5 Å². The second kappa shape index (κ2) is 11.3. The predicted octanol–water partition coefficient (Wildman–Crippen LogP) is 5.20. The van der Waals surface area contributed by atoms with Crippen molar-refractivity contribution in [2.45, 2.75) is 32.0 Å². The van der Waals surface area contributed by atoms with Gasteiger partial charge in [0.15, 0.2) is 5.13 Å². The van der Waals surface area contributed by atoms with E-state index in [-0.39, 0.29) is 18.2 Å². The van der Waals surface area contributed by atoms with Crippen LogP contribution < -0.4 is 10.6 Å². The largest absolute Gasteiger partial charge is 0.345 e. The van der Waals surface area contributed by atoms with Crippen molar-refractivity contribution in [1.82, 2.24) is 15.2 Å². The summed E-state index contributed by atoms with van der Waals surface area (Å²) < 4.78 is 0. The molecule has 36 heavy (non-hydrogen) atoms. The molecule has 6 nitrogen and oxygen atoms in total. The molecule has 0 radical (unpaired) electrons. The third kappa shape index (κ3) is 6.05. The van der Waals surface area contributed by atoms with Crippen LogP contribution in [0.4, 0.5) is 5.13 Å². The van der Waals surface area contributed by atoms with Crippen LogP contribution >= 0.6 is 11.3 Å². The third-order valence-electron chi connectivity index (χ3n) is 6.24. The van der Waals surface area contributed by atoms with Gasteiger partial charge in [-0.1, -0.05) is 78.9 Å². The number of fused-ring (bicyclic) bond motifs is 1. The van der Waals surface area contributed by atoms with Crippen molar-refractivity contribution in [1.29, 1.82) is 0 Å². The van der Waals surface area contributed by atoms with Gasteiger partial charge in [0.2, 0.25) is 5.91 Å². The fraction of sp³-hybridized carbons (Fsp3) is 0.207. The van der Waals surface area contributed by atoms with Gasteiger partial charge in [-0.2, -0.15) is 0 Å². The van der Waals surface area contributed by atoms with Crippen molar-refractivity contribution >= 4 is 28.3 Å². The molecule has 7 heteroatoms. The van der Waals surface area contributed by atoms with Crippen LogP contribution in [0.5, 0.6) is 0 Å². The van der Waals surface area contributed by atoms with Crippen LogP contribution in [-0.2, 0) is 24.3 Å². The zero-order valence-electron chi connectivity index (χ0n) is 19.9. The minimum Gasteiger partial charge on any atom is -0.345 e. The Hall–Kier alpha value is -3.81. The summed E-state index contributed by atoms with van der Waals surface area (Å²) in [5, 5.41) is 6.61. The molecule has 0 saturated carbocycles. The van der Waals surface area contributed by atoms with Gasteiger partial charge in [0.25, 0.3) is 5.91 Å². The fourth-order valence-electron chi connectivity index (χ4n) is 4.40. The van der Waals surface area contributed by atoms with Crippen LogP contribution in [0, 0.1) is 0 Å². The van der Waals surface area contributed by atoms with E-state index in [9.17, 15) is 9.59 Å². The standard InChI is InChI=1S/C29H28N4O2S/c34-27(18-25(22-12-6-2-7-13-22)30-28(35)23-14-8-3-9-15-23)32-29-31-24-16-17-33(20-26(24)36-29)19-21-10-4-1-5-11-21/h1-15,25H,16-20H2,(H,30,35)(H,31,32,34). The van der Waals surface area contributed by atoms with Crippen LogP contribution in [0.25, 0.3) is 0 Å². The maximum Gasteiger partial charge on any atom is 0.251 e. The molecule has 0 fully saturated rings. The van der Waals surface area contributed by atoms with Crippen LogP contribution in [0.2, 0.25) is 0 Å². The normalized spacial score (nSPS) is 14.0. The first-order chi connectivity index (χ1) is 17.6. The van der Waals surface area contributed by atoms with E-state index >= 15 is 0 Å². The van der Waals surface area contributed by atoms with E-state index in [4.69, 9.17) is 4.98 Å². The first kappa shape index (κ1) is 23.9. The van der Waals surface area contributed by atoms with Crippen LogP contribution in [-0.4, -0.2) is 28.2 Å². The molecule has 1 unspecified atom stereocenters. The van der Waals surface area contributed by atoms with Crippen molar-refractivity contribution < 1.29 is 9.59 Å². The van der Waals surface area contributed by atoms with Crippen molar-refractivity contribution in [3.8, 4) is 0 Å². The van der Waals surface area contributed by atoms with Crippen molar-refractivity contribution in [2.24, 2.45) is 0 Å². The molecule has 2 N–H and O–H groups in total. The Labute approximate surface area is 215 Å². The minimum atomic E-state index is -0.449. The summed E-state index contributed by atoms with van der Waals surface area (Å²) in [6, 6.07) is 28.6. The first-order valence-electron chi connectivity index (χ1n) is 12.1. The Balaban J connectivity index is 1.23. The van der Waals surface area contributed by atoms with E-state index in [0.717, 1.165) is 37.3 Å². The molecule has 2 amide bonds. The highest BCUT2D eigenvalue weighted by Crippen LogP contribution is 2.29. The summed E-state index contributed by atoms with van der Waals surface area (Å²) >= 11 is 1.54. The van der Waals surface area contributed by atoms with E-state index in [2.05, 4.69) is 39.8 Å². The molecule has 0 saturated heterocycles. The Bertz CT molecular complexity index is 1310. The second-order valence-corrected chi connectivity index (χ2v) is 9.97. The Morgan fingerprint density at radius 1 is 0.917 bits per heavy atom. The summed E-state index contributed by atoms with van der Waals surface area (Å²) in [7, 11) is 0. The lowest BCUT2D eigenvalue weighted by Crippen LogP contribution is -2.31. The molecule has 1 aliphatic rings. The van der Waals surface area contributed by atoms with Gasteiger partial charge in [-0.15, -0.1) is 11.3 Å². The molecular weight excluding hydrogens is 468 g/mol. The predicted molar refractivity (Wildman–Crippen MR) is 143 cm³/mol. The summed E-state index contributed by atoms with van der Waals surface area (Å²) in [5.74, 6) is -0.384. The molecule has 0 bridgehead atoms. The highest BCUT2D eigenvalue weighted by molar-refractivity contribution is 7.15. The molecule has 0 aliphatic carbocycles. The number of carbonyl (C=O) groups is 2. The number of aromatic nitrogens is 1. The maximum atomic E-state index is 13.0. The van der Waals surface area contributed by atoms with Gasteiger partial charge < -0.3 is 10.6 Å². The monoisotopic (exact) mass is 496 g/mol. The molecule has 182 valence electrons. The van der Waals surface area contributed by atoms with Gasteiger partial charge in [-0.25, -0.2) is 4.98 Å². The molecule has 0 spiro atoms. The summed E-state index contributed by atoms with van der Waals surface area (Å²) in [6.07, 6.45) is 0.987. The molecule has 1 aliphatic heterocycles. The van der Waals surface area contributed by atoms with Crippen LogP contribution in [0.1, 0.15) is 44.5 Å². The van der Waals surface area contributed by atoms with Gasteiger partial charge in [0.1, 0.15) is 0 Å². The number of hydrogen-bond acceptors (Lipinski definition) is 5. The van der Waals surface area contributed by atoms with Gasteiger partial charge in [0, 0.05) is 36.5 Å². The third-order valence-corrected chi connectivity index (χ3v) is 7.24. The molecule has 1 aromatic heterocycles. The lowest BCUT2D eigenvalue weighted by Gasteiger charge is -2.25. The Kier molecular flexibility index (Phi) is 7.50. The van der Waals surface area contributed by atoms with Gasteiger partial charge >= 0.3 is 0 Å². The van der Waals surface area contributed by atoms with Gasteiger partial charge in [0.05, 0.1) is 18.2 Å². The zero-order chi connectivity index (χ0) is 24.7. The van der Waals surface area contributed by atoms with Crippen molar-refractivity contribution in [3.63, 3.8) is 0 Å². The smallest absolute Gasteiger partial charge is 0.251 e. The number of amides is 2. The van der Waals surface area contributed by atoms with E-state index in [0.29, 0.717) is 10.7 Å². The van der Waals surface area contributed by atoms with Crippen LogP contribution in [0.3, 0.4) is 0 Å². The second-order valence-electron chi connectivity index (χ2n) is 8.89. The summed E-state index contributed by atoms with van der Waals surface area (Å²) in [5.41, 5.74) is 3.80. The number of nitrogens with zero attached hydrogens (tertiary/aromatic N) is 2. The average Bonchev–Trinajstić information content (AvgIpc) is 3.31. The Morgan fingerprint density at radius 2 is 1.58 bits per heavy atom. The Morgan fingerprint density at radius 3 is 2.31 bits per heavy atom. The van der Waals surface area contributed by atoms with Gasteiger partial charge in [-0.05, 0) is 23.3 Å². The number of benzene rings is 3. The number of thiazole rings is 1. The van der Waals surface area contributed by atoms with E-state index < -0.39 is 6.04 Å².